The zero-order valence-corrected chi connectivity index (χ0v) is 18.4. The number of amides is 1. The number of aromatic nitrogens is 5. The molecule has 1 aliphatic rings. The van der Waals surface area contributed by atoms with Crippen molar-refractivity contribution in [2.45, 2.75) is 19.8 Å². The van der Waals surface area contributed by atoms with Gasteiger partial charge in [-0.1, -0.05) is 22.9 Å². The van der Waals surface area contributed by atoms with Gasteiger partial charge in [-0.3, -0.25) is 9.36 Å². The Morgan fingerprint density at radius 2 is 2.06 bits per heavy atom. The molecule has 8 nitrogen and oxygen atoms in total. The molecule has 31 heavy (non-hydrogen) atoms. The van der Waals surface area contributed by atoms with Gasteiger partial charge in [-0.25, -0.2) is 9.97 Å². The molecule has 1 N–H and O–H groups in total. The minimum atomic E-state index is -0.137. The molecule has 4 aromatic rings. The Morgan fingerprint density at radius 1 is 1.23 bits per heavy atom. The highest BCUT2D eigenvalue weighted by Crippen LogP contribution is 2.29. The average molecular weight is 454 g/mol. The summed E-state index contributed by atoms with van der Waals surface area (Å²) < 4.78 is 2.84. The Kier molecular flexibility index (Phi) is 5.29. The first-order chi connectivity index (χ1) is 15.1. The molecule has 0 aliphatic carbocycles. The van der Waals surface area contributed by atoms with Crippen molar-refractivity contribution in [1.29, 1.82) is 0 Å². The number of benzene rings is 1. The molecule has 0 saturated carbocycles. The molecule has 1 aromatic carbocycles. The van der Waals surface area contributed by atoms with E-state index in [0.29, 0.717) is 16.7 Å². The number of nitrogens with zero attached hydrogens (tertiary/aromatic N) is 6. The quantitative estimate of drug-likeness (QED) is 0.500. The van der Waals surface area contributed by atoms with Crippen LogP contribution in [0.15, 0.2) is 42.7 Å². The first-order valence-corrected chi connectivity index (χ1v) is 11.2. The van der Waals surface area contributed by atoms with Crippen LogP contribution in [0.4, 0.5) is 10.9 Å². The van der Waals surface area contributed by atoms with Gasteiger partial charge < -0.3 is 10.2 Å². The number of hydrogen-bond donors (Lipinski definition) is 1. The monoisotopic (exact) mass is 453 g/mol. The van der Waals surface area contributed by atoms with Crippen molar-refractivity contribution in [3.63, 3.8) is 0 Å². The molecule has 158 valence electrons. The Morgan fingerprint density at radius 3 is 2.84 bits per heavy atom. The highest BCUT2D eigenvalue weighted by molar-refractivity contribution is 7.22. The van der Waals surface area contributed by atoms with Gasteiger partial charge in [-0.05, 0) is 50.1 Å². The van der Waals surface area contributed by atoms with Gasteiger partial charge in [-0.15, -0.1) is 10.2 Å². The van der Waals surface area contributed by atoms with Gasteiger partial charge in [0.15, 0.2) is 16.8 Å². The van der Waals surface area contributed by atoms with Crippen molar-refractivity contribution in [1.82, 2.24) is 24.7 Å². The van der Waals surface area contributed by atoms with Crippen LogP contribution >= 0.6 is 22.9 Å². The van der Waals surface area contributed by atoms with E-state index in [1.165, 1.54) is 11.3 Å². The number of thiazole rings is 1. The lowest BCUT2D eigenvalue weighted by molar-refractivity contribution is -0.120. The van der Waals surface area contributed by atoms with Gasteiger partial charge in [0.05, 0.1) is 16.1 Å². The van der Waals surface area contributed by atoms with Crippen LogP contribution in [0.5, 0.6) is 0 Å². The van der Waals surface area contributed by atoms with Crippen molar-refractivity contribution < 1.29 is 4.79 Å². The summed E-state index contributed by atoms with van der Waals surface area (Å²) in [6, 6.07) is 9.39. The summed E-state index contributed by atoms with van der Waals surface area (Å²) in [5.74, 6) is 2.19. The second-order valence-corrected chi connectivity index (χ2v) is 8.97. The lowest BCUT2D eigenvalue weighted by Gasteiger charge is -2.32. The zero-order valence-electron chi connectivity index (χ0n) is 16.8. The van der Waals surface area contributed by atoms with Crippen LogP contribution in [0.25, 0.3) is 16.0 Å². The van der Waals surface area contributed by atoms with Crippen LogP contribution in [0.1, 0.15) is 18.7 Å². The number of anilines is 2. The van der Waals surface area contributed by atoms with E-state index in [9.17, 15) is 4.79 Å². The molecular formula is C21H20ClN7OS. The summed E-state index contributed by atoms with van der Waals surface area (Å²) >= 11 is 7.48. The second-order valence-electron chi connectivity index (χ2n) is 7.50. The normalized spacial score (nSPS) is 16.6. The Labute approximate surface area is 187 Å². The topological polar surface area (TPSA) is 88.8 Å². The number of carbonyl (C=O) groups excluding carboxylic acids is 1. The smallest absolute Gasteiger partial charge is 0.231 e. The van der Waals surface area contributed by atoms with Crippen molar-refractivity contribution in [2.75, 3.05) is 23.3 Å². The summed E-state index contributed by atoms with van der Waals surface area (Å²) in [7, 11) is 0. The predicted molar refractivity (Wildman–Crippen MR) is 122 cm³/mol. The van der Waals surface area contributed by atoms with Crippen LogP contribution in [0.2, 0.25) is 5.02 Å². The predicted octanol–water partition coefficient (Wildman–Crippen LogP) is 4.09. The van der Waals surface area contributed by atoms with Crippen molar-refractivity contribution >= 4 is 50.0 Å². The maximum Gasteiger partial charge on any atom is 0.231 e. The summed E-state index contributed by atoms with van der Waals surface area (Å²) in [5, 5.41) is 13.0. The summed E-state index contributed by atoms with van der Waals surface area (Å²) in [6.45, 7) is 3.37. The average Bonchev–Trinajstić information content (AvgIpc) is 3.39. The van der Waals surface area contributed by atoms with Crippen molar-refractivity contribution in [2.24, 2.45) is 5.92 Å². The molecule has 1 atom stereocenters. The number of carbonyl (C=O) groups is 1. The van der Waals surface area contributed by atoms with Crippen LogP contribution in [0, 0.1) is 12.8 Å². The molecule has 1 aliphatic heterocycles. The minimum absolute atomic E-state index is 0.0199. The third-order valence-electron chi connectivity index (χ3n) is 5.41. The lowest BCUT2D eigenvalue weighted by Crippen LogP contribution is -2.41. The maximum absolute atomic E-state index is 12.9. The van der Waals surface area contributed by atoms with E-state index in [0.717, 1.165) is 47.1 Å². The first-order valence-electron chi connectivity index (χ1n) is 10.0. The number of nitrogens with one attached hydrogen (secondary N) is 1. The summed E-state index contributed by atoms with van der Waals surface area (Å²) in [5.41, 5.74) is 0.832. The van der Waals surface area contributed by atoms with E-state index in [2.05, 4.69) is 30.4 Å². The lowest BCUT2D eigenvalue weighted by atomic mass is 9.97. The number of fused-ring (bicyclic) bond motifs is 1. The van der Waals surface area contributed by atoms with Crippen LogP contribution in [0.3, 0.4) is 0 Å². The fourth-order valence-corrected chi connectivity index (χ4v) is 4.94. The highest BCUT2D eigenvalue weighted by Gasteiger charge is 2.27. The molecule has 1 saturated heterocycles. The molecule has 0 bridgehead atoms. The Balaban J connectivity index is 1.27. The van der Waals surface area contributed by atoms with Gasteiger partial charge in [0.1, 0.15) is 5.82 Å². The van der Waals surface area contributed by atoms with Gasteiger partial charge in [0.25, 0.3) is 0 Å². The van der Waals surface area contributed by atoms with E-state index < -0.39 is 0 Å². The third-order valence-corrected chi connectivity index (χ3v) is 6.57. The SMILES string of the molecule is Cc1nccn1-c1ccc(N2CCCC(C(=O)Nc3nc4ccc(Cl)cc4s3)C2)nn1. The standard InChI is InChI=1S/C21H20ClN7OS/c1-13-23-8-10-29(13)19-7-6-18(26-27-19)28-9-2-3-14(12-28)20(30)25-21-24-16-5-4-15(22)11-17(16)31-21/h4-8,10-11,14H,2-3,9,12H2,1H3,(H,24,25,30). The number of aryl methyl sites for hydroxylation is 1. The van der Waals surface area contributed by atoms with E-state index in [1.807, 2.05) is 42.0 Å². The van der Waals surface area contributed by atoms with Gasteiger partial charge in [0.2, 0.25) is 5.91 Å². The molecule has 1 fully saturated rings. The van der Waals surface area contributed by atoms with E-state index in [-0.39, 0.29) is 11.8 Å². The van der Waals surface area contributed by atoms with E-state index in [1.54, 1.807) is 12.3 Å². The second kappa shape index (κ2) is 8.24. The molecule has 4 heterocycles. The van der Waals surface area contributed by atoms with Gasteiger partial charge >= 0.3 is 0 Å². The number of imidazole rings is 1. The Bertz CT molecular complexity index is 1240. The van der Waals surface area contributed by atoms with Crippen LogP contribution in [-0.4, -0.2) is 43.7 Å². The van der Waals surface area contributed by atoms with E-state index in [4.69, 9.17) is 11.6 Å². The molecule has 3 aromatic heterocycles. The summed E-state index contributed by atoms with van der Waals surface area (Å²) in [6.07, 6.45) is 5.34. The third kappa shape index (κ3) is 4.11. The first kappa shape index (κ1) is 19.9. The number of hydrogen-bond acceptors (Lipinski definition) is 7. The van der Waals surface area contributed by atoms with Crippen molar-refractivity contribution in [3.8, 4) is 5.82 Å². The molecule has 0 radical (unpaired) electrons. The van der Waals surface area contributed by atoms with Crippen molar-refractivity contribution in [3.05, 3.63) is 53.6 Å². The fourth-order valence-electron chi connectivity index (χ4n) is 3.79. The zero-order chi connectivity index (χ0) is 21.4. The minimum Gasteiger partial charge on any atom is -0.354 e. The molecule has 1 amide bonds. The largest absolute Gasteiger partial charge is 0.354 e. The maximum atomic E-state index is 12.9. The molecule has 0 spiro atoms. The number of rotatable bonds is 4. The summed E-state index contributed by atoms with van der Waals surface area (Å²) in [4.78, 5) is 23.7. The van der Waals surface area contributed by atoms with Crippen LogP contribution in [-0.2, 0) is 4.79 Å². The fraction of sp³-hybridized carbons (Fsp3) is 0.286. The number of halogens is 1. The van der Waals surface area contributed by atoms with E-state index >= 15 is 0 Å². The molecule has 10 heteroatoms. The molecular weight excluding hydrogens is 434 g/mol. The highest BCUT2D eigenvalue weighted by atomic mass is 35.5. The van der Waals surface area contributed by atoms with Gasteiger partial charge in [-0.2, -0.15) is 0 Å². The molecule has 5 rings (SSSR count). The van der Waals surface area contributed by atoms with Gasteiger partial charge in [0, 0.05) is 30.5 Å². The molecule has 1 unspecified atom stereocenters. The number of piperidine rings is 1. The Hall–Kier alpha value is -3.04. The van der Waals surface area contributed by atoms with Crippen LogP contribution < -0.4 is 10.2 Å².